The van der Waals surface area contributed by atoms with Crippen molar-refractivity contribution in [2.24, 2.45) is 0 Å². The number of rotatable bonds is 2. The summed E-state index contributed by atoms with van der Waals surface area (Å²) in [5, 5.41) is 0. The minimum absolute atomic E-state index is 0.198. The molecule has 2 heteroatoms. The van der Waals surface area contributed by atoms with E-state index in [0.717, 1.165) is 16.8 Å². The van der Waals surface area contributed by atoms with Crippen LogP contribution in [0.1, 0.15) is 23.7 Å². The first-order valence-corrected chi connectivity index (χ1v) is 4.01. The molecule has 0 spiro atoms. The minimum Gasteiger partial charge on any atom is -0.300 e. The van der Waals surface area contributed by atoms with Crippen molar-refractivity contribution in [2.45, 2.75) is 27.2 Å². The van der Waals surface area contributed by atoms with E-state index < -0.39 is 0 Å². The number of carbonyl (C=O) groups is 1. The summed E-state index contributed by atoms with van der Waals surface area (Å²) in [6.07, 6.45) is 2.34. The summed E-state index contributed by atoms with van der Waals surface area (Å²) in [6, 6.07) is 1.97. The number of Topliss-reactive ketones (excluding diaryl/α,β-unsaturated/α-hetero) is 1. The van der Waals surface area contributed by atoms with E-state index >= 15 is 0 Å². The summed E-state index contributed by atoms with van der Waals surface area (Å²) < 4.78 is 0. The van der Waals surface area contributed by atoms with Gasteiger partial charge in [-0.15, -0.1) is 0 Å². The summed E-state index contributed by atoms with van der Waals surface area (Å²) in [5.41, 5.74) is 3.16. The Balaban J connectivity index is 2.97. The smallest absolute Gasteiger partial charge is 0.134 e. The van der Waals surface area contributed by atoms with E-state index in [9.17, 15) is 4.79 Å². The summed E-state index contributed by atoms with van der Waals surface area (Å²) in [7, 11) is 0. The SMILES string of the molecule is CC(=O)Cc1cc(C)ncc1C. The molecule has 2 nitrogen and oxygen atoms in total. The van der Waals surface area contributed by atoms with Crippen molar-refractivity contribution in [3.63, 3.8) is 0 Å². The Morgan fingerprint density at radius 2 is 2.17 bits per heavy atom. The van der Waals surface area contributed by atoms with Crippen molar-refractivity contribution >= 4 is 5.78 Å². The Hall–Kier alpha value is -1.18. The number of aryl methyl sites for hydroxylation is 2. The van der Waals surface area contributed by atoms with Gasteiger partial charge in [-0.3, -0.25) is 9.78 Å². The Morgan fingerprint density at radius 1 is 1.50 bits per heavy atom. The molecule has 0 aliphatic carbocycles. The van der Waals surface area contributed by atoms with Crippen LogP contribution in [0.4, 0.5) is 0 Å². The maximum atomic E-state index is 10.9. The van der Waals surface area contributed by atoms with Crippen molar-refractivity contribution in [3.05, 3.63) is 29.1 Å². The number of carbonyl (C=O) groups excluding carboxylic acids is 1. The van der Waals surface area contributed by atoms with E-state index in [4.69, 9.17) is 0 Å². The van der Waals surface area contributed by atoms with Crippen LogP contribution in [-0.4, -0.2) is 10.8 Å². The molecule has 0 saturated heterocycles. The largest absolute Gasteiger partial charge is 0.300 e. The standard InChI is InChI=1S/C10H13NO/c1-7-6-11-8(2)4-10(7)5-9(3)12/h4,6H,5H2,1-3H3. The number of ketones is 1. The highest BCUT2D eigenvalue weighted by molar-refractivity contribution is 5.78. The molecule has 0 aliphatic rings. The van der Waals surface area contributed by atoms with Crippen molar-refractivity contribution in [3.8, 4) is 0 Å². The lowest BCUT2D eigenvalue weighted by Crippen LogP contribution is -2.00. The van der Waals surface area contributed by atoms with Gasteiger partial charge in [0.2, 0.25) is 0 Å². The van der Waals surface area contributed by atoms with Crippen LogP contribution in [0.2, 0.25) is 0 Å². The predicted molar refractivity (Wildman–Crippen MR) is 48.1 cm³/mol. The predicted octanol–water partition coefficient (Wildman–Crippen LogP) is 1.83. The number of hydrogen-bond donors (Lipinski definition) is 0. The van der Waals surface area contributed by atoms with Gasteiger partial charge in [0, 0.05) is 18.3 Å². The first-order valence-electron chi connectivity index (χ1n) is 4.01. The molecule has 1 heterocycles. The minimum atomic E-state index is 0.198. The molecule has 0 fully saturated rings. The van der Waals surface area contributed by atoms with Gasteiger partial charge in [0.25, 0.3) is 0 Å². The molecule has 0 unspecified atom stereocenters. The molecule has 64 valence electrons. The van der Waals surface area contributed by atoms with Crippen molar-refractivity contribution in [1.82, 2.24) is 4.98 Å². The number of nitrogens with zero attached hydrogens (tertiary/aromatic N) is 1. The zero-order valence-electron chi connectivity index (χ0n) is 7.72. The molecule has 0 N–H and O–H groups in total. The zero-order chi connectivity index (χ0) is 9.14. The lowest BCUT2D eigenvalue weighted by molar-refractivity contribution is -0.116. The molecule has 1 aromatic rings. The lowest BCUT2D eigenvalue weighted by Gasteiger charge is -2.03. The molecule has 0 atom stereocenters. The van der Waals surface area contributed by atoms with Crippen molar-refractivity contribution in [2.75, 3.05) is 0 Å². The topological polar surface area (TPSA) is 30.0 Å². The fourth-order valence-electron chi connectivity index (χ4n) is 1.14. The monoisotopic (exact) mass is 163 g/mol. The van der Waals surface area contributed by atoms with Crippen LogP contribution in [0.25, 0.3) is 0 Å². The van der Waals surface area contributed by atoms with Gasteiger partial charge in [0.05, 0.1) is 0 Å². The second-order valence-electron chi connectivity index (χ2n) is 3.13. The molecule has 0 saturated carbocycles. The molecule has 0 aromatic carbocycles. The average molecular weight is 163 g/mol. The van der Waals surface area contributed by atoms with Crippen LogP contribution in [-0.2, 0) is 11.2 Å². The van der Waals surface area contributed by atoms with Crippen LogP contribution in [0, 0.1) is 13.8 Å². The van der Waals surface area contributed by atoms with Crippen LogP contribution in [0.3, 0.4) is 0 Å². The Bertz CT molecular complexity index is 305. The van der Waals surface area contributed by atoms with Gasteiger partial charge in [-0.2, -0.15) is 0 Å². The van der Waals surface area contributed by atoms with E-state index in [1.165, 1.54) is 0 Å². The normalized spacial score (nSPS) is 9.92. The highest BCUT2D eigenvalue weighted by Gasteiger charge is 2.01. The molecule has 0 radical (unpaired) electrons. The molecule has 1 aromatic heterocycles. The third kappa shape index (κ3) is 2.16. The number of pyridine rings is 1. The van der Waals surface area contributed by atoms with Gasteiger partial charge in [-0.1, -0.05) is 0 Å². The third-order valence-electron chi connectivity index (χ3n) is 1.79. The molecular weight excluding hydrogens is 150 g/mol. The maximum Gasteiger partial charge on any atom is 0.134 e. The van der Waals surface area contributed by atoms with Crippen LogP contribution < -0.4 is 0 Å². The van der Waals surface area contributed by atoms with Gasteiger partial charge >= 0.3 is 0 Å². The second-order valence-corrected chi connectivity index (χ2v) is 3.13. The van der Waals surface area contributed by atoms with Crippen LogP contribution in [0.15, 0.2) is 12.3 Å². The first-order chi connectivity index (χ1) is 5.59. The molecule has 0 aliphatic heterocycles. The van der Waals surface area contributed by atoms with Crippen molar-refractivity contribution < 1.29 is 4.79 Å². The fraction of sp³-hybridized carbons (Fsp3) is 0.400. The Morgan fingerprint density at radius 3 is 2.75 bits per heavy atom. The Kier molecular flexibility index (Phi) is 2.58. The summed E-state index contributed by atoms with van der Waals surface area (Å²) >= 11 is 0. The number of hydrogen-bond acceptors (Lipinski definition) is 2. The summed E-state index contributed by atoms with van der Waals surface area (Å²) in [5.74, 6) is 0.198. The van der Waals surface area contributed by atoms with Gasteiger partial charge in [0.15, 0.2) is 0 Å². The quantitative estimate of drug-likeness (QED) is 0.665. The molecule has 0 bridgehead atoms. The van der Waals surface area contributed by atoms with Crippen molar-refractivity contribution in [1.29, 1.82) is 0 Å². The van der Waals surface area contributed by atoms with E-state index in [1.54, 1.807) is 6.92 Å². The van der Waals surface area contributed by atoms with Gasteiger partial charge in [-0.25, -0.2) is 0 Å². The molecule has 0 amide bonds. The van der Waals surface area contributed by atoms with Gasteiger partial charge in [0.1, 0.15) is 5.78 Å². The van der Waals surface area contributed by atoms with Crippen LogP contribution >= 0.6 is 0 Å². The second kappa shape index (κ2) is 3.48. The van der Waals surface area contributed by atoms with E-state index in [1.807, 2.05) is 26.1 Å². The highest BCUT2D eigenvalue weighted by Crippen LogP contribution is 2.08. The third-order valence-corrected chi connectivity index (χ3v) is 1.79. The lowest BCUT2D eigenvalue weighted by atomic mass is 10.1. The molecule has 12 heavy (non-hydrogen) atoms. The highest BCUT2D eigenvalue weighted by atomic mass is 16.1. The van der Waals surface area contributed by atoms with Crippen LogP contribution in [0.5, 0.6) is 0 Å². The Labute approximate surface area is 72.6 Å². The average Bonchev–Trinajstić information content (AvgIpc) is 1.96. The van der Waals surface area contributed by atoms with E-state index in [2.05, 4.69) is 4.98 Å². The van der Waals surface area contributed by atoms with E-state index in [-0.39, 0.29) is 5.78 Å². The molecular formula is C10H13NO. The molecule has 1 rings (SSSR count). The van der Waals surface area contributed by atoms with E-state index in [0.29, 0.717) is 6.42 Å². The fourth-order valence-corrected chi connectivity index (χ4v) is 1.14. The maximum absolute atomic E-state index is 10.9. The summed E-state index contributed by atoms with van der Waals surface area (Å²) in [6.45, 7) is 5.52. The number of aromatic nitrogens is 1. The van der Waals surface area contributed by atoms with Gasteiger partial charge < -0.3 is 0 Å². The zero-order valence-corrected chi connectivity index (χ0v) is 7.72. The first kappa shape index (κ1) is 8.91. The van der Waals surface area contributed by atoms with Gasteiger partial charge in [-0.05, 0) is 38.0 Å². The summed E-state index contributed by atoms with van der Waals surface area (Å²) in [4.78, 5) is 15.0.